The van der Waals surface area contributed by atoms with Gasteiger partial charge in [0.2, 0.25) is 0 Å². The van der Waals surface area contributed by atoms with E-state index in [4.69, 9.17) is 14.2 Å². The molecule has 0 saturated carbocycles. The Morgan fingerprint density at radius 1 is 0.735 bits per heavy atom. The summed E-state index contributed by atoms with van der Waals surface area (Å²) in [5.74, 6) is 0. The van der Waals surface area contributed by atoms with Crippen LogP contribution in [0.15, 0.2) is 104 Å². The van der Waals surface area contributed by atoms with Gasteiger partial charge in [-0.2, -0.15) is 0 Å². The lowest BCUT2D eigenvalue weighted by Crippen LogP contribution is -2.59. The molecular formula is C28H30O6. The van der Waals surface area contributed by atoms with Crippen molar-refractivity contribution in [1.82, 2.24) is 0 Å². The first-order chi connectivity index (χ1) is 16.6. The minimum Gasteiger partial charge on any atom is -0.387 e. The van der Waals surface area contributed by atoms with Crippen LogP contribution in [0.5, 0.6) is 0 Å². The van der Waals surface area contributed by atoms with E-state index < -0.39 is 36.3 Å². The van der Waals surface area contributed by atoms with Crippen LogP contribution in [0.2, 0.25) is 0 Å². The van der Waals surface area contributed by atoms with Crippen LogP contribution >= 0.6 is 0 Å². The fraction of sp³-hybridized carbons (Fsp3) is 0.286. The number of ether oxygens (including phenoxy) is 3. The van der Waals surface area contributed by atoms with Crippen LogP contribution in [0.4, 0.5) is 0 Å². The molecular weight excluding hydrogens is 432 g/mol. The molecule has 1 aliphatic rings. The van der Waals surface area contributed by atoms with Crippen molar-refractivity contribution in [2.24, 2.45) is 0 Å². The minimum atomic E-state index is -1.45. The zero-order valence-electron chi connectivity index (χ0n) is 18.8. The van der Waals surface area contributed by atoms with E-state index in [0.717, 1.165) is 16.7 Å². The molecule has 1 heterocycles. The molecule has 6 heteroatoms. The monoisotopic (exact) mass is 462 g/mol. The Labute approximate surface area is 199 Å². The summed E-state index contributed by atoms with van der Waals surface area (Å²) in [4.78, 5) is 0. The molecule has 0 spiro atoms. The van der Waals surface area contributed by atoms with Crippen LogP contribution in [0, 0.1) is 0 Å². The van der Waals surface area contributed by atoms with Gasteiger partial charge >= 0.3 is 0 Å². The molecule has 3 aromatic rings. The molecule has 1 fully saturated rings. The number of hydrogen-bond donors (Lipinski definition) is 3. The van der Waals surface area contributed by atoms with Crippen molar-refractivity contribution < 1.29 is 29.5 Å². The minimum absolute atomic E-state index is 0.0718. The highest BCUT2D eigenvalue weighted by molar-refractivity contribution is 5.47. The normalized spacial score (nSPS) is 25.1. The molecule has 3 aromatic carbocycles. The summed E-state index contributed by atoms with van der Waals surface area (Å²) in [5.41, 5.74) is 1.69. The lowest BCUT2D eigenvalue weighted by atomic mass is 9.80. The van der Waals surface area contributed by atoms with Crippen LogP contribution in [-0.2, 0) is 19.8 Å². The number of aliphatic hydroxyl groups excluding tert-OH is 3. The molecule has 1 unspecified atom stereocenters. The van der Waals surface area contributed by atoms with Crippen molar-refractivity contribution in [2.45, 2.75) is 36.3 Å². The maximum Gasteiger partial charge on any atom is 0.187 e. The Morgan fingerprint density at radius 3 is 1.65 bits per heavy atom. The largest absolute Gasteiger partial charge is 0.387 e. The van der Waals surface area contributed by atoms with Crippen LogP contribution < -0.4 is 0 Å². The van der Waals surface area contributed by atoms with E-state index in [0.29, 0.717) is 0 Å². The van der Waals surface area contributed by atoms with E-state index in [9.17, 15) is 15.3 Å². The van der Waals surface area contributed by atoms with E-state index in [1.807, 2.05) is 91.0 Å². The molecule has 0 amide bonds. The average Bonchev–Trinajstić information content (AvgIpc) is 2.90. The van der Waals surface area contributed by atoms with Gasteiger partial charge in [0.15, 0.2) is 6.29 Å². The summed E-state index contributed by atoms with van der Waals surface area (Å²) in [6.07, 6.45) is -4.75. The maximum atomic E-state index is 10.7. The summed E-state index contributed by atoms with van der Waals surface area (Å²) in [7, 11) is 0. The van der Waals surface area contributed by atoms with Gasteiger partial charge < -0.3 is 29.5 Å². The van der Waals surface area contributed by atoms with Crippen molar-refractivity contribution >= 4 is 0 Å². The molecule has 0 bridgehead atoms. The third-order valence-corrected chi connectivity index (χ3v) is 6.05. The zero-order valence-corrected chi connectivity index (χ0v) is 18.8. The van der Waals surface area contributed by atoms with Crippen molar-refractivity contribution in [3.63, 3.8) is 0 Å². The fourth-order valence-electron chi connectivity index (χ4n) is 4.33. The van der Waals surface area contributed by atoms with Crippen LogP contribution in [-0.4, -0.2) is 59.2 Å². The Hall–Kier alpha value is -2.84. The van der Waals surface area contributed by atoms with Gasteiger partial charge in [-0.1, -0.05) is 97.1 Å². The summed E-state index contributed by atoms with van der Waals surface area (Å²) < 4.78 is 18.0. The van der Waals surface area contributed by atoms with Gasteiger partial charge in [0.05, 0.1) is 13.2 Å². The van der Waals surface area contributed by atoms with E-state index in [-0.39, 0.29) is 13.2 Å². The van der Waals surface area contributed by atoms with Crippen molar-refractivity contribution in [3.8, 4) is 0 Å². The maximum absolute atomic E-state index is 10.7. The highest BCUT2D eigenvalue weighted by Crippen LogP contribution is 2.41. The molecule has 34 heavy (non-hydrogen) atoms. The van der Waals surface area contributed by atoms with E-state index >= 15 is 0 Å². The van der Waals surface area contributed by atoms with Gasteiger partial charge in [0.1, 0.15) is 30.0 Å². The Morgan fingerprint density at radius 2 is 1.21 bits per heavy atom. The molecule has 1 aliphatic heterocycles. The Balaban J connectivity index is 1.73. The molecule has 1 saturated heterocycles. The Kier molecular flexibility index (Phi) is 7.90. The molecule has 178 valence electrons. The van der Waals surface area contributed by atoms with Crippen molar-refractivity contribution in [3.05, 3.63) is 120 Å². The topological polar surface area (TPSA) is 88.4 Å². The van der Waals surface area contributed by atoms with Crippen molar-refractivity contribution in [2.75, 3.05) is 13.2 Å². The summed E-state index contributed by atoms with van der Waals surface area (Å²) in [6.45, 7) is 3.65. The molecule has 0 radical (unpaired) electrons. The van der Waals surface area contributed by atoms with Gasteiger partial charge in [-0.3, -0.25) is 0 Å². The lowest BCUT2D eigenvalue weighted by molar-refractivity contribution is -0.303. The standard InChI is InChI=1S/C28H30O6/c1-2-18-32-27-26(31)25(30)24(29)23(34-27)19-33-28(20-12-6-3-7-13-20,21-14-8-4-9-15-21)22-16-10-5-11-17-22/h2-17,23-27,29-31H,1,18-19H2/t23-,24+,25+,26-,27?/m1/s1. The van der Waals surface area contributed by atoms with Gasteiger partial charge in [-0.05, 0) is 16.7 Å². The summed E-state index contributed by atoms with van der Waals surface area (Å²) >= 11 is 0. The van der Waals surface area contributed by atoms with Crippen LogP contribution in [0.1, 0.15) is 16.7 Å². The fourth-order valence-corrected chi connectivity index (χ4v) is 4.33. The number of aliphatic hydroxyl groups is 3. The van der Waals surface area contributed by atoms with Crippen LogP contribution in [0.3, 0.4) is 0 Å². The molecule has 0 aliphatic carbocycles. The lowest BCUT2D eigenvalue weighted by Gasteiger charge is -2.42. The van der Waals surface area contributed by atoms with Gasteiger partial charge in [-0.25, -0.2) is 0 Å². The predicted octanol–water partition coefficient (Wildman–Crippen LogP) is 3.01. The van der Waals surface area contributed by atoms with Gasteiger partial charge in [-0.15, -0.1) is 6.58 Å². The predicted molar refractivity (Wildman–Crippen MR) is 128 cm³/mol. The quantitative estimate of drug-likeness (QED) is 0.335. The number of benzene rings is 3. The molecule has 3 N–H and O–H groups in total. The first-order valence-corrected chi connectivity index (χ1v) is 11.3. The zero-order chi connectivity index (χ0) is 24.0. The first kappa shape index (κ1) is 24.3. The number of hydrogen-bond acceptors (Lipinski definition) is 6. The Bertz CT molecular complexity index is 930. The molecule has 5 atom stereocenters. The molecule has 4 rings (SSSR count). The van der Waals surface area contributed by atoms with E-state index in [2.05, 4.69) is 6.58 Å². The third kappa shape index (κ3) is 4.83. The average molecular weight is 463 g/mol. The van der Waals surface area contributed by atoms with Crippen LogP contribution in [0.25, 0.3) is 0 Å². The first-order valence-electron chi connectivity index (χ1n) is 11.3. The third-order valence-electron chi connectivity index (χ3n) is 6.05. The molecule has 6 nitrogen and oxygen atoms in total. The number of rotatable bonds is 9. The summed E-state index contributed by atoms with van der Waals surface area (Å²) in [5, 5.41) is 31.4. The smallest absolute Gasteiger partial charge is 0.187 e. The second-order valence-corrected chi connectivity index (χ2v) is 8.23. The highest BCUT2D eigenvalue weighted by atomic mass is 16.7. The van der Waals surface area contributed by atoms with Gasteiger partial charge in [0.25, 0.3) is 0 Å². The molecule has 0 aromatic heterocycles. The van der Waals surface area contributed by atoms with E-state index in [1.165, 1.54) is 6.08 Å². The SMILES string of the molecule is C=CCOC1O[C@H](COC(c2ccccc2)(c2ccccc2)c2ccccc2)[C@H](O)[C@H](O)[C@H]1O. The second kappa shape index (κ2) is 11.1. The summed E-state index contributed by atoms with van der Waals surface area (Å²) in [6, 6.07) is 29.5. The van der Waals surface area contributed by atoms with Crippen molar-refractivity contribution in [1.29, 1.82) is 0 Å². The van der Waals surface area contributed by atoms with Gasteiger partial charge in [0, 0.05) is 0 Å². The second-order valence-electron chi connectivity index (χ2n) is 8.23. The highest BCUT2D eigenvalue weighted by Gasteiger charge is 2.46. The van der Waals surface area contributed by atoms with E-state index in [1.54, 1.807) is 0 Å².